The van der Waals surface area contributed by atoms with Gasteiger partial charge in [0.1, 0.15) is 5.60 Å². The van der Waals surface area contributed by atoms with Crippen molar-refractivity contribution >= 4 is 34.3 Å². The molecule has 0 saturated heterocycles. The van der Waals surface area contributed by atoms with Gasteiger partial charge in [0.15, 0.2) is 0 Å². The van der Waals surface area contributed by atoms with Crippen molar-refractivity contribution in [2.24, 2.45) is 7.05 Å². The fraction of sp³-hybridized carbons (Fsp3) is 0.276. The van der Waals surface area contributed by atoms with E-state index in [0.29, 0.717) is 13.1 Å². The molecule has 0 fully saturated rings. The number of hydrogen-bond donors (Lipinski definition) is 1. The number of thioether (sulfide) groups is 1. The lowest BCUT2D eigenvalue weighted by molar-refractivity contribution is 0.0220. The van der Waals surface area contributed by atoms with E-state index in [1.165, 1.54) is 22.9 Å². The van der Waals surface area contributed by atoms with Crippen LogP contribution in [-0.2, 0) is 24.8 Å². The van der Waals surface area contributed by atoms with Crippen molar-refractivity contribution in [3.8, 4) is 16.8 Å². The van der Waals surface area contributed by atoms with E-state index >= 15 is 0 Å². The average Bonchev–Trinajstić information content (AvgIpc) is 3.14. The van der Waals surface area contributed by atoms with Crippen LogP contribution < -0.4 is 5.56 Å². The van der Waals surface area contributed by atoms with Crippen LogP contribution in [0.25, 0.3) is 27.7 Å². The van der Waals surface area contributed by atoms with Gasteiger partial charge < -0.3 is 19.6 Å². The van der Waals surface area contributed by atoms with Gasteiger partial charge in [-0.2, -0.15) is 0 Å². The molecule has 8 heteroatoms. The summed E-state index contributed by atoms with van der Waals surface area (Å²) < 4.78 is 9.36. The van der Waals surface area contributed by atoms with Crippen molar-refractivity contribution < 1.29 is 9.53 Å². The van der Waals surface area contributed by atoms with Gasteiger partial charge in [-0.1, -0.05) is 30.0 Å². The smallest absolute Gasteiger partial charge is 0.410 e. The van der Waals surface area contributed by atoms with Crippen molar-refractivity contribution in [2.45, 2.75) is 44.2 Å². The van der Waals surface area contributed by atoms with E-state index in [1.54, 1.807) is 15.5 Å². The lowest BCUT2D eigenvalue weighted by Crippen LogP contribution is -2.40. The van der Waals surface area contributed by atoms with Crippen LogP contribution in [0.3, 0.4) is 0 Å². The third kappa shape index (κ3) is 4.93. The van der Waals surface area contributed by atoms with Gasteiger partial charge >= 0.3 is 6.09 Å². The topological polar surface area (TPSA) is 80.3 Å². The number of aryl methyl sites for hydroxylation is 1. The number of hydrogen-bond acceptors (Lipinski definition) is 5. The summed E-state index contributed by atoms with van der Waals surface area (Å²) in [5, 5.41) is 8.37. The lowest BCUT2D eigenvalue weighted by atomic mass is 10.0. The first-order valence-electron chi connectivity index (χ1n) is 12.2. The number of nitrogens with zero attached hydrogens (tertiary/aromatic N) is 3. The second kappa shape index (κ2) is 9.59. The van der Waals surface area contributed by atoms with E-state index in [9.17, 15) is 9.59 Å². The van der Waals surface area contributed by atoms with Gasteiger partial charge in [-0.3, -0.25) is 9.36 Å². The molecule has 1 aliphatic heterocycles. The molecule has 0 unspecified atom stereocenters. The molecule has 0 spiro atoms. The summed E-state index contributed by atoms with van der Waals surface area (Å²) in [6.45, 7) is 6.74. The molecule has 0 bridgehead atoms. The molecule has 0 saturated carbocycles. The molecule has 0 aliphatic carbocycles. The minimum Gasteiger partial charge on any atom is -0.444 e. The second-order valence-corrected chi connectivity index (χ2v) is 11.2. The molecule has 0 radical (unpaired) electrons. The normalized spacial score (nSPS) is 13.5. The Labute approximate surface area is 220 Å². The number of pyridine rings is 1. The summed E-state index contributed by atoms with van der Waals surface area (Å²) in [6, 6.07) is 17.5. The van der Waals surface area contributed by atoms with E-state index in [4.69, 9.17) is 10.1 Å². The molecule has 1 N–H and O–H groups in total. The first-order valence-corrected chi connectivity index (χ1v) is 13.1. The van der Waals surface area contributed by atoms with Crippen LogP contribution in [0, 0.1) is 5.41 Å². The Kier molecular flexibility index (Phi) is 6.45. The number of rotatable bonds is 4. The van der Waals surface area contributed by atoms with E-state index < -0.39 is 5.60 Å². The Balaban J connectivity index is 1.44. The number of fused-ring (bicyclic) bond motifs is 3. The summed E-state index contributed by atoms with van der Waals surface area (Å²) in [5.41, 5.74) is 6.64. The largest absolute Gasteiger partial charge is 0.444 e. The SMILES string of the molecule is Cn1c2c(c3ccc(-n4ccc(-c5ccc(SC=N)cc5)cc4=O)cc31)CCN(C(=O)OC(C)(C)C)C2. The molecule has 37 heavy (non-hydrogen) atoms. The van der Waals surface area contributed by atoms with Gasteiger partial charge in [0.2, 0.25) is 0 Å². The van der Waals surface area contributed by atoms with Crippen LogP contribution in [0.5, 0.6) is 0 Å². The van der Waals surface area contributed by atoms with Crippen LogP contribution >= 0.6 is 11.8 Å². The Morgan fingerprint density at radius 1 is 1.05 bits per heavy atom. The maximum atomic E-state index is 13.1. The van der Waals surface area contributed by atoms with Crippen LogP contribution in [0.4, 0.5) is 4.79 Å². The number of ether oxygens (including phenoxy) is 1. The van der Waals surface area contributed by atoms with Gasteiger partial charge in [-0.25, -0.2) is 4.79 Å². The zero-order valence-electron chi connectivity index (χ0n) is 21.4. The Hall–Kier alpha value is -3.78. The van der Waals surface area contributed by atoms with Gasteiger partial charge in [0, 0.05) is 41.8 Å². The van der Waals surface area contributed by atoms with E-state index in [0.717, 1.165) is 44.7 Å². The molecule has 2 aromatic heterocycles. The minimum atomic E-state index is -0.530. The standard InChI is InChI=1S/C29H30N4O3S/c1-29(2,3)36-28(35)32-13-12-24-23-10-7-21(16-25(23)31(4)26(24)17-32)33-14-11-20(15-27(33)34)19-5-8-22(9-6-19)37-18-30/h5-11,14-16,18,30H,12-13,17H2,1-4H3. The second-order valence-electron chi connectivity index (χ2n) is 10.2. The highest BCUT2D eigenvalue weighted by molar-refractivity contribution is 8.12. The highest BCUT2D eigenvalue weighted by Gasteiger charge is 2.29. The Morgan fingerprint density at radius 3 is 2.49 bits per heavy atom. The Morgan fingerprint density at radius 2 is 1.81 bits per heavy atom. The number of carbonyl (C=O) groups is 1. The van der Waals surface area contributed by atoms with E-state index in [1.807, 2.05) is 76.5 Å². The van der Waals surface area contributed by atoms with Crippen LogP contribution in [0.1, 0.15) is 32.0 Å². The van der Waals surface area contributed by atoms with E-state index in [-0.39, 0.29) is 11.7 Å². The number of nitrogens with one attached hydrogen (secondary N) is 1. The Bertz CT molecular complexity index is 1560. The lowest BCUT2D eigenvalue weighted by Gasteiger charge is -2.30. The molecule has 1 aliphatic rings. The summed E-state index contributed by atoms with van der Waals surface area (Å²) in [4.78, 5) is 28.5. The quantitative estimate of drug-likeness (QED) is 0.206. The molecule has 2 aromatic carbocycles. The molecular weight excluding hydrogens is 484 g/mol. The maximum absolute atomic E-state index is 13.1. The molecule has 190 valence electrons. The van der Waals surface area contributed by atoms with Crippen molar-refractivity contribution in [3.63, 3.8) is 0 Å². The van der Waals surface area contributed by atoms with Crippen molar-refractivity contribution in [2.75, 3.05) is 6.54 Å². The zero-order chi connectivity index (χ0) is 26.3. The highest BCUT2D eigenvalue weighted by atomic mass is 32.2. The number of carbonyl (C=O) groups excluding carboxylic acids is 1. The van der Waals surface area contributed by atoms with E-state index in [2.05, 4.69) is 10.6 Å². The van der Waals surface area contributed by atoms with Crippen LogP contribution in [0.15, 0.2) is 70.5 Å². The van der Waals surface area contributed by atoms with Crippen molar-refractivity contribution in [1.29, 1.82) is 5.41 Å². The van der Waals surface area contributed by atoms with Gasteiger partial charge in [-0.15, -0.1) is 0 Å². The predicted molar refractivity (Wildman–Crippen MR) is 149 cm³/mol. The molecule has 3 heterocycles. The minimum absolute atomic E-state index is 0.107. The van der Waals surface area contributed by atoms with Crippen molar-refractivity contribution in [1.82, 2.24) is 14.0 Å². The first kappa shape index (κ1) is 24.9. The summed E-state index contributed by atoms with van der Waals surface area (Å²) in [7, 11) is 2.01. The van der Waals surface area contributed by atoms with Crippen molar-refractivity contribution in [3.05, 3.63) is 82.4 Å². The predicted octanol–water partition coefficient (Wildman–Crippen LogP) is 5.99. The summed E-state index contributed by atoms with van der Waals surface area (Å²) in [6.07, 6.45) is 2.28. The number of benzene rings is 2. The highest BCUT2D eigenvalue weighted by Crippen LogP contribution is 2.32. The molecule has 0 atom stereocenters. The molecule has 5 rings (SSSR count). The fourth-order valence-electron chi connectivity index (χ4n) is 4.84. The third-order valence-electron chi connectivity index (χ3n) is 6.63. The van der Waals surface area contributed by atoms with Crippen LogP contribution in [0.2, 0.25) is 0 Å². The first-order chi connectivity index (χ1) is 17.6. The maximum Gasteiger partial charge on any atom is 0.410 e. The molecule has 4 aromatic rings. The van der Waals surface area contributed by atoms with Gasteiger partial charge in [-0.05, 0) is 74.2 Å². The average molecular weight is 515 g/mol. The third-order valence-corrected chi connectivity index (χ3v) is 7.29. The summed E-state index contributed by atoms with van der Waals surface area (Å²) >= 11 is 1.35. The van der Waals surface area contributed by atoms with Gasteiger partial charge in [0.05, 0.1) is 23.3 Å². The fourth-order valence-corrected chi connectivity index (χ4v) is 5.27. The number of amides is 1. The molecule has 1 amide bonds. The summed E-state index contributed by atoms with van der Waals surface area (Å²) in [5.74, 6) is 0. The van der Waals surface area contributed by atoms with Gasteiger partial charge in [0.25, 0.3) is 5.56 Å². The molecule has 7 nitrogen and oxygen atoms in total. The number of aromatic nitrogens is 2. The van der Waals surface area contributed by atoms with Crippen LogP contribution in [-0.4, -0.2) is 37.8 Å². The zero-order valence-corrected chi connectivity index (χ0v) is 22.3. The monoisotopic (exact) mass is 514 g/mol. The molecular formula is C29H30N4O3S.